The molecule has 1 aliphatic heterocycles. The third-order valence-electron chi connectivity index (χ3n) is 4.58. The van der Waals surface area contributed by atoms with Gasteiger partial charge in [0.2, 0.25) is 0 Å². The molecule has 0 bridgehead atoms. The minimum absolute atomic E-state index is 0. The minimum Gasteiger partial charge on any atom is -0.493 e. The highest BCUT2D eigenvalue weighted by Crippen LogP contribution is 2.22. The van der Waals surface area contributed by atoms with Gasteiger partial charge in [-0.05, 0) is 31.0 Å². The van der Waals surface area contributed by atoms with Crippen molar-refractivity contribution in [2.75, 3.05) is 33.4 Å². The van der Waals surface area contributed by atoms with E-state index in [1.165, 1.54) is 5.56 Å². The molecule has 1 fully saturated rings. The Balaban J connectivity index is 0.00000280. The Bertz CT molecular complexity index is 730. The van der Waals surface area contributed by atoms with Crippen LogP contribution in [0.3, 0.4) is 0 Å². The summed E-state index contributed by atoms with van der Waals surface area (Å²) in [7, 11) is 1.77. The molecule has 1 aromatic heterocycles. The second-order valence-corrected chi connectivity index (χ2v) is 6.77. The largest absolute Gasteiger partial charge is 0.493 e. The van der Waals surface area contributed by atoms with E-state index in [0.717, 1.165) is 50.0 Å². The number of hydrogen-bond acceptors (Lipinski definition) is 4. The van der Waals surface area contributed by atoms with Crippen molar-refractivity contribution in [3.63, 3.8) is 0 Å². The molecule has 1 saturated heterocycles. The predicted molar refractivity (Wildman–Crippen MR) is 121 cm³/mol. The Morgan fingerprint density at radius 2 is 2.29 bits per heavy atom. The number of benzene rings is 1. The van der Waals surface area contributed by atoms with Crippen LogP contribution in [0, 0.1) is 12.8 Å². The molecule has 1 unspecified atom stereocenters. The molecule has 0 spiro atoms. The van der Waals surface area contributed by atoms with Crippen LogP contribution in [0.1, 0.15) is 17.5 Å². The fourth-order valence-electron chi connectivity index (χ4n) is 2.99. The number of rotatable bonds is 8. The SMILES string of the molecule is CN=C(NCCn1cccn1)NCc1ccc(C)cc1OCC1CCOC1.I. The fraction of sp³-hybridized carbons (Fsp3) is 0.500. The molecular formula is C20H30IN5O2. The number of halogens is 1. The lowest BCUT2D eigenvalue weighted by Gasteiger charge is -2.17. The summed E-state index contributed by atoms with van der Waals surface area (Å²) >= 11 is 0. The first-order valence-corrected chi connectivity index (χ1v) is 9.46. The van der Waals surface area contributed by atoms with Gasteiger partial charge in [-0.25, -0.2) is 0 Å². The highest BCUT2D eigenvalue weighted by Gasteiger charge is 2.17. The van der Waals surface area contributed by atoms with Gasteiger partial charge in [-0.15, -0.1) is 24.0 Å². The maximum absolute atomic E-state index is 6.11. The highest BCUT2D eigenvalue weighted by molar-refractivity contribution is 14.0. The van der Waals surface area contributed by atoms with E-state index >= 15 is 0 Å². The quantitative estimate of drug-likeness (QED) is 0.332. The Morgan fingerprint density at radius 1 is 1.39 bits per heavy atom. The molecule has 2 heterocycles. The first kappa shape index (κ1) is 22.5. The second kappa shape index (κ2) is 11.9. The smallest absolute Gasteiger partial charge is 0.191 e. The molecule has 0 amide bonds. The van der Waals surface area contributed by atoms with E-state index in [-0.39, 0.29) is 24.0 Å². The minimum atomic E-state index is 0. The van der Waals surface area contributed by atoms with Crippen molar-refractivity contribution in [2.45, 2.75) is 26.4 Å². The van der Waals surface area contributed by atoms with Crippen LogP contribution in [0.15, 0.2) is 41.7 Å². The number of ether oxygens (including phenoxy) is 2. The van der Waals surface area contributed by atoms with Crippen LogP contribution < -0.4 is 15.4 Å². The fourth-order valence-corrected chi connectivity index (χ4v) is 2.99. The maximum Gasteiger partial charge on any atom is 0.191 e. The third kappa shape index (κ3) is 6.97. The van der Waals surface area contributed by atoms with Gasteiger partial charge in [0.25, 0.3) is 0 Å². The molecule has 154 valence electrons. The summed E-state index contributed by atoms with van der Waals surface area (Å²) in [5, 5.41) is 10.9. The molecule has 8 heteroatoms. The number of aromatic nitrogens is 2. The average Bonchev–Trinajstić information content (AvgIpc) is 3.37. The molecule has 0 radical (unpaired) electrons. The van der Waals surface area contributed by atoms with E-state index in [0.29, 0.717) is 19.1 Å². The van der Waals surface area contributed by atoms with Gasteiger partial charge in [0.05, 0.1) is 19.8 Å². The Hall–Kier alpha value is -1.81. The molecular weight excluding hydrogens is 469 g/mol. The number of nitrogens with zero attached hydrogens (tertiary/aromatic N) is 3. The highest BCUT2D eigenvalue weighted by atomic mass is 127. The topological polar surface area (TPSA) is 72.7 Å². The van der Waals surface area contributed by atoms with Gasteiger partial charge in [-0.1, -0.05) is 12.1 Å². The van der Waals surface area contributed by atoms with Gasteiger partial charge in [0, 0.05) is 50.6 Å². The third-order valence-corrected chi connectivity index (χ3v) is 4.58. The van der Waals surface area contributed by atoms with Gasteiger partial charge < -0.3 is 20.1 Å². The molecule has 2 N–H and O–H groups in total. The van der Waals surface area contributed by atoms with Gasteiger partial charge in [-0.2, -0.15) is 5.10 Å². The van der Waals surface area contributed by atoms with Crippen LogP contribution in [0.5, 0.6) is 5.75 Å². The lowest BCUT2D eigenvalue weighted by atomic mass is 10.1. The van der Waals surface area contributed by atoms with E-state index in [1.54, 1.807) is 13.2 Å². The predicted octanol–water partition coefficient (Wildman–Crippen LogP) is 2.59. The molecule has 1 aromatic carbocycles. The maximum atomic E-state index is 6.11. The molecule has 0 aliphatic carbocycles. The normalized spacial score (nSPS) is 16.5. The number of aryl methyl sites for hydroxylation is 1. The second-order valence-electron chi connectivity index (χ2n) is 6.77. The lowest BCUT2D eigenvalue weighted by Crippen LogP contribution is -2.38. The van der Waals surface area contributed by atoms with E-state index in [9.17, 15) is 0 Å². The molecule has 0 saturated carbocycles. The molecule has 28 heavy (non-hydrogen) atoms. The van der Waals surface area contributed by atoms with Crippen LogP contribution in [0.4, 0.5) is 0 Å². The number of hydrogen-bond donors (Lipinski definition) is 2. The van der Waals surface area contributed by atoms with Crippen molar-refractivity contribution >= 4 is 29.9 Å². The Morgan fingerprint density at radius 3 is 3.00 bits per heavy atom. The van der Waals surface area contributed by atoms with Crippen molar-refractivity contribution in [3.05, 3.63) is 47.8 Å². The number of guanidine groups is 1. The Labute approximate surface area is 183 Å². The van der Waals surface area contributed by atoms with Gasteiger partial charge in [-0.3, -0.25) is 9.67 Å². The van der Waals surface area contributed by atoms with Crippen LogP contribution in [-0.2, 0) is 17.8 Å². The first-order chi connectivity index (χ1) is 13.2. The average molecular weight is 499 g/mol. The number of aliphatic imine (C=N–C) groups is 1. The van der Waals surface area contributed by atoms with Crippen molar-refractivity contribution in [1.82, 2.24) is 20.4 Å². The standard InChI is InChI=1S/C20H29N5O2.HI/c1-16-4-5-18(19(12-16)27-15-17-6-11-26-14-17)13-23-20(21-2)22-8-10-25-9-3-7-24-25;/h3-5,7,9,12,17H,6,8,10-11,13-15H2,1-2H3,(H2,21,22,23);1H. The van der Waals surface area contributed by atoms with Crippen LogP contribution >= 0.6 is 24.0 Å². The summed E-state index contributed by atoms with van der Waals surface area (Å²) in [5.41, 5.74) is 2.31. The van der Waals surface area contributed by atoms with E-state index in [2.05, 4.69) is 45.8 Å². The Kier molecular flexibility index (Phi) is 9.56. The van der Waals surface area contributed by atoms with Crippen molar-refractivity contribution in [3.8, 4) is 5.75 Å². The summed E-state index contributed by atoms with van der Waals surface area (Å²) in [4.78, 5) is 4.29. The monoisotopic (exact) mass is 499 g/mol. The lowest BCUT2D eigenvalue weighted by molar-refractivity contribution is 0.166. The van der Waals surface area contributed by atoms with E-state index in [1.807, 2.05) is 16.9 Å². The molecule has 3 rings (SSSR count). The molecule has 2 aromatic rings. The van der Waals surface area contributed by atoms with Crippen molar-refractivity contribution in [2.24, 2.45) is 10.9 Å². The van der Waals surface area contributed by atoms with Crippen molar-refractivity contribution < 1.29 is 9.47 Å². The van der Waals surface area contributed by atoms with Crippen LogP contribution in [0.25, 0.3) is 0 Å². The van der Waals surface area contributed by atoms with E-state index in [4.69, 9.17) is 9.47 Å². The van der Waals surface area contributed by atoms with Gasteiger partial charge >= 0.3 is 0 Å². The zero-order valence-electron chi connectivity index (χ0n) is 16.6. The van der Waals surface area contributed by atoms with Crippen molar-refractivity contribution in [1.29, 1.82) is 0 Å². The van der Waals surface area contributed by atoms with Gasteiger partial charge in [0.15, 0.2) is 5.96 Å². The molecule has 1 aliphatic rings. The summed E-state index contributed by atoms with van der Waals surface area (Å²) < 4.78 is 13.4. The zero-order valence-corrected chi connectivity index (χ0v) is 18.9. The van der Waals surface area contributed by atoms with Crippen LogP contribution in [-0.4, -0.2) is 49.2 Å². The summed E-state index contributed by atoms with van der Waals surface area (Å²) in [6, 6.07) is 8.24. The summed E-state index contributed by atoms with van der Waals surface area (Å²) in [5.74, 6) is 2.18. The summed E-state index contributed by atoms with van der Waals surface area (Å²) in [6.45, 7) is 6.61. The molecule has 7 nitrogen and oxygen atoms in total. The first-order valence-electron chi connectivity index (χ1n) is 9.46. The van der Waals surface area contributed by atoms with Crippen LogP contribution in [0.2, 0.25) is 0 Å². The number of nitrogens with one attached hydrogen (secondary N) is 2. The van der Waals surface area contributed by atoms with Gasteiger partial charge in [0.1, 0.15) is 5.75 Å². The molecule has 1 atom stereocenters. The van der Waals surface area contributed by atoms with E-state index < -0.39 is 0 Å². The summed E-state index contributed by atoms with van der Waals surface area (Å²) in [6.07, 6.45) is 4.80. The zero-order chi connectivity index (χ0) is 18.9.